The molecule has 3 nitrogen and oxygen atoms in total. The van der Waals surface area contributed by atoms with E-state index >= 15 is 0 Å². The van der Waals surface area contributed by atoms with Crippen LogP contribution in [0.5, 0.6) is 5.75 Å². The molecule has 0 radical (unpaired) electrons. The van der Waals surface area contributed by atoms with E-state index in [4.69, 9.17) is 16.3 Å². The second-order valence-corrected chi connectivity index (χ2v) is 4.30. The Balaban J connectivity index is 2.40. The fourth-order valence-corrected chi connectivity index (χ4v) is 2.08. The molecule has 1 aromatic heterocycles. The minimum absolute atomic E-state index is 0.0643. The zero-order chi connectivity index (χ0) is 14.0. The van der Waals surface area contributed by atoms with Crippen molar-refractivity contribution >= 4 is 22.6 Å². The van der Waals surface area contributed by atoms with Crippen molar-refractivity contribution < 1.29 is 17.9 Å². The molecule has 0 amide bonds. The Labute approximate surface area is 112 Å². The van der Waals surface area contributed by atoms with Gasteiger partial charge in [0.05, 0.1) is 30.4 Å². The summed E-state index contributed by atoms with van der Waals surface area (Å²) < 4.78 is 43.5. The first-order chi connectivity index (χ1) is 8.94. The monoisotopic (exact) mass is 292 g/mol. The molecule has 0 unspecified atom stereocenters. The number of nitrogens with zero attached hydrogens (tertiary/aromatic N) is 2. The van der Waals surface area contributed by atoms with Crippen LogP contribution < -0.4 is 4.74 Å². The van der Waals surface area contributed by atoms with Gasteiger partial charge in [-0.25, -0.2) is 4.98 Å². The molecule has 0 saturated carbocycles. The molecular weight excluding hydrogens is 281 g/mol. The Hall–Kier alpha value is -1.43. The van der Waals surface area contributed by atoms with Crippen LogP contribution in [0.2, 0.25) is 0 Å². The molecule has 0 fully saturated rings. The van der Waals surface area contributed by atoms with Crippen LogP contribution in [0, 0.1) is 0 Å². The highest BCUT2D eigenvalue weighted by Gasteiger charge is 2.27. The van der Waals surface area contributed by atoms with Crippen molar-refractivity contribution in [3.05, 3.63) is 24.0 Å². The van der Waals surface area contributed by atoms with Crippen molar-refractivity contribution in [1.82, 2.24) is 9.55 Å². The average molecular weight is 293 g/mol. The number of methoxy groups -OCH3 is 1. The lowest BCUT2D eigenvalue weighted by molar-refractivity contribution is -0.136. The summed E-state index contributed by atoms with van der Waals surface area (Å²) in [7, 11) is 1.52. The molecule has 0 atom stereocenters. The van der Waals surface area contributed by atoms with Crippen LogP contribution in [0.4, 0.5) is 13.2 Å². The van der Waals surface area contributed by atoms with E-state index in [0.717, 1.165) is 0 Å². The predicted molar refractivity (Wildman–Crippen MR) is 66.5 cm³/mol. The first-order valence-corrected chi connectivity index (χ1v) is 6.14. The van der Waals surface area contributed by atoms with Crippen molar-refractivity contribution in [3.63, 3.8) is 0 Å². The van der Waals surface area contributed by atoms with Crippen molar-refractivity contribution in [1.29, 1.82) is 0 Å². The van der Waals surface area contributed by atoms with E-state index in [-0.39, 0.29) is 12.4 Å². The molecule has 0 spiro atoms. The topological polar surface area (TPSA) is 27.1 Å². The standard InChI is InChI=1S/C12H12ClF3N2O/c1-19-8-2-3-10-9(6-8)17-11(7-13)18(10)5-4-12(14,15)16/h2-3,6H,4-5,7H2,1H3. The number of aromatic nitrogens is 2. The molecule has 0 bridgehead atoms. The highest BCUT2D eigenvalue weighted by Crippen LogP contribution is 2.26. The molecule has 19 heavy (non-hydrogen) atoms. The summed E-state index contributed by atoms with van der Waals surface area (Å²) in [4.78, 5) is 4.22. The largest absolute Gasteiger partial charge is 0.497 e. The molecule has 7 heteroatoms. The Bertz CT molecular complexity index is 580. The van der Waals surface area contributed by atoms with E-state index in [0.29, 0.717) is 22.6 Å². The maximum Gasteiger partial charge on any atom is 0.390 e. The second-order valence-electron chi connectivity index (χ2n) is 4.03. The van der Waals surface area contributed by atoms with Gasteiger partial charge in [-0.3, -0.25) is 0 Å². The van der Waals surface area contributed by atoms with Crippen LogP contribution in [-0.4, -0.2) is 22.8 Å². The first kappa shape index (κ1) is 14.0. The SMILES string of the molecule is COc1ccc2c(c1)nc(CCl)n2CCC(F)(F)F. The smallest absolute Gasteiger partial charge is 0.390 e. The summed E-state index contributed by atoms with van der Waals surface area (Å²) >= 11 is 5.73. The third kappa shape index (κ3) is 3.12. The van der Waals surface area contributed by atoms with Gasteiger partial charge in [-0.2, -0.15) is 13.2 Å². The molecule has 1 aromatic carbocycles. The summed E-state index contributed by atoms with van der Waals surface area (Å²) in [5.74, 6) is 1.10. The van der Waals surface area contributed by atoms with Gasteiger partial charge in [-0.1, -0.05) is 0 Å². The lowest BCUT2D eigenvalue weighted by atomic mass is 10.3. The fourth-order valence-electron chi connectivity index (χ4n) is 1.88. The minimum atomic E-state index is -4.20. The van der Waals surface area contributed by atoms with Crippen molar-refractivity contribution in [2.45, 2.75) is 25.0 Å². The van der Waals surface area contributed by atoms with Gasteiger partial charge in [0.25, 0.3) is 0 Å². The number of fused-ring (bicyclic) bond motifs is 1. The van der Waals surface area contributed by atoms with E-state index in [1.807, 2.05) is 0 Å². The third-order valence-corrected chi connectivity index (χ3v) is 3.01. The fraction of sp³-hybridized carbons (Fsp3) is 0.417. The van der Waals surface area contributed by atoms with Gasteiger partial charge in [0.1, 0.15) is 11.6 Å². The zero-order valence-corrected chi connectivity index (χ0v) is 10.9. The summed E-state index contributed by atoms with van der Waals surface area (Å²) in [5, 5.41) is 0. The summed E-state index contributed by atoms with van der Waals surface area (Å²) in [6, 6.07) is 5.05. The second kappa shape index (κ2) is 5.28. The molecule has 2 rings (SSSR count). The summed E-state index contributed by atoms with van der Waals surface area (Å²) in [6.45, 7) is -0.186. The van der Waals surface area contributed by atoms with Gasteiger partial charge >= 0.3 is 6.18 Å². The summed E-state index contributed by atoms with van der Waals surface area (Å²) in [6.07, 6.45) is -5.11. The number of hydrogen-bond acceptors (Lipinski definition) is 2. The number of alkyl halides is 4. The van der Waals surface area contributed by atoms with E-state index in [9.17, 15) is 13.2 Å². The van der Waals surface area contributed by atoms with Crippen LogP contribution in [0.3, 0.4) is 0 Å². The highest BCUT2D eigenvalue weighted by atomic mass is 35.5. The Kier molecular flexibility index (Phi) is 3.89. The molecule has 0 N–H and O–H groups in total. The van der Waals surface area contributed by atoms with Crippen LogP contribution in [0.1, 0.15) is 12.2 Å². The van der Waals surface area contributed by atoms with Gasteiger partial charge in [0.2, 0.25) is 0 Å². The first-order valence-electron chi connectivity index (χ1n) is 5.60. The number of rotatable bonds is 4. The molecule has 104 valence electrons. The van der Waals surface area contributed by atoms with E-state index in [1.54, 1.807) is 18.2 Å². The molecule has 0 aliphatic rings. The average Bonchev–Trinajstić information content (AvgIpc) is 2.72. The van der Waals surface area contributed by atoms with E-state index in [2.05, 4.69) is 4.98 Å². The zero-order valence-electron chi connectivity index (χ0n) is 10.2. The quantitative estimate of drug-likeness (QED) is 0.803. The van der Waals surface area contributed by atoms with E-state index in [1.165, 1.54) is 11.7 Å². The van der Waals surface area contributed by atoms with E-state index < -0.39 is 12.6 Å². The number of aryl methyl sites for hydroxylation is 1. The van der Waals surface area contributed by atoms with Gasteiger partial charge < -0.3 is 9.30 Å². The lowest BCUT2D eigenvalue weighted by Gasteiger charge is -2.10. The Morgan fingerprint density at radius 3 is 2.68 bits per heavy atom. The van der Waals surface area contributed by atoms with Crippen LogP contribution >= 0.6 is 11.6 Å². The lowest BCUT2D eigenvalue weighted by Crippen LogP contribution is -2.13. The maximum absolute atomic E-state index is 12.3. The predicted octanol–water partition coefficient (Wildman–Crippen LogP) is 3.74. The minimum Gasteiger partial charge on any atom is -0.497 e. The maximum atomic E-state index is 12.3. The van der Waals surface area contributed by atoms with Crippen molar-refractivity contribution in [2.75, 3.05) is 7.11 Å². The van der Waals surface area contributed by atoms with Gasteiger partial charge in [-0.05, 0) is 12.1 Å². The third-order valence-electron chi connectivity index (χ3n) is 2.77. The number of ether oxygens (including phenoxy) is 1. The number of halogens is 4. The molecule has 0 saturated heterocycles. The van der Waals surface area contributed by atoms with Crippen molar-refractivity contribution in [2.24, 2.45) is 0 Å². The normalized spacial score (nSPS) is 12.1. The number of hydrogen-bond donors (Lipinski definition) is 0. The van der Waals surface area contributed by atoms with Crippen molar-refractivity contribution in [3.8, 4) is 5.75 Å². The highest BCUT2D eigenvalue weighted by molar-refractivity contribution is 6.16. The van der Waals surface area contributed by atoms with Gasteiger partial charge in [0.15, 0.2) is 0 Å². The van der Waals surface area contributed by atoms with Crippen LogP contribution in [0.25, 0.3) is 11.0 Å². The molecule has 0 aliphatic carbocycles. The molecule has 2 aromatic rings. The molecule has 0 aliphatic heterocycles. The van der Waals surface area contributed by atoms with Crippen LogP contribution in [0.15, 0.2) is 18.2 Å². The Morgan fingerprint density at radius 2 is 2.11 bits per heavy atom. The van der Waals surface area contributed by atoms with Gasteiger partial charge in [0, 0.05) is 12.6 Å². The number of imidazole rings is 1. The summed E-state index contributed by atoms with van der Waals surface area (Å²) in [5.41, 5.74) is 1.21. The van der Waals surface area contributed by atoms with Gasteiger partial charge in [-0.15, -0.1) is 11.6 Å². The molecule has 1 heterocycles. The Morgan fingerprint density at radius 1 is 1.37 bits per heavy atom. The molecular formula is C12H12ClF3N2O. The van der Waals surface area contributed by atoms with Crippen LogP contribution in [-0.2, 0) is 12.4 Å². The number of benzene rings is 1.